The van der Waals surface area contributed by atoms with Crippen molar-refractivity contribution in [2.75, 3.05) is 0 Å². The second-order valence-electron chi connectivity index (χ2n) is 3.15. The summed E-state index contributed by atoms with van der Waals surface area (Å²) in [4.78, 5) is 11.4. The van der Waals surface area contributed by atoms with Gasteiger partial charge in [-0.2, -0.15) is 13.2 Å². The summed E-state index contributed by atoms with van der Waals surface area (Å²) >= 11 is 0.977. The van der Waals surface area contributed by atoms with Crippen LogP contribution in [-0.4, -0.2) is 23.4 Å². The average molecular weight is 266 g/mol. The van der Waals surface area contributed by atoms with Crippen LogP contribution >= 0.6 is 11.3 Å². The van der Waals surface area contributed by atoms with Crippen molar-refractivity contribution in [1.29, 1.82) is 0 Å². The lowest BCUT2D eigenvalue weighted by molar-refractivity contribution is -0.189. The monoisotopic (exact) mass is 266 g/mol. The molecule has 1 rings (SSSR count). The van der Waals surface area contributed by atoms with Crippen molar-refractivity contribution in [3.63, 3.8) is 0 Å². The third kappa shape index (κ3) is 4.10. The predicted molar refractivity (Wildman–Crippen MR) is 56.0 cm³/mol. The lowest BCUT2D eigenvalue weighted by atomic mass is 10.3. The van der Waals surface area contributed by atoms with Gasteiger partial charge in [-0.3, -0.25) is 0 Å². The van der Waals surface area contributed by atoms with Gasteiger partial charge in [-0.25, -0.2) is 4.79 Å². The first kappa shape index (κ1) is 13.6. The summed E-state index contributed by atoms with van der Waals surface area (Å²) in [6.45, 7) is 1.07. The van der Waals surface area contributed by atoms with E-state index in [1.54, 1.807) is 5.38 Å². The van der Waals surface area contributed by atoms with Crippen LogP contribution in [0.4, 0.5) is 13.2 Å². The minimum absolute atomic E-state index is 0.0724. The molecule has 17 heavy (non-hydrogen) atoms. The van der Waals surface area contributed by atoms with Gasteiger partial charge in [0.05, 0.1) is 5.76 Å². The van der Waals surface area contributed by atoms with Crippen molar-refractivity contribution < 1.29 is 27.8 Å². The summed E-state index contributed by atoms with van der Waals surface area (Å²) in [5.74, 6) is -1.63. The number of ether oxygens (including phenoxy) is 1. The first-order valence-electron chi connectivity index (χ1n) is 4.49. The Morgan fingerprint density at radius 3 is 2.65 bits per heavy atom. The number of aliphatic hydroxyl groups excluding tert-OH is 1. The maximum atomic E-state index is 12.5. The third-order valence-electron chi connectivity index (χ3n) is 1.67. The van der Waals surface area contributed by atoms with Gasteiger partial charge in [0, 0.05) is 6.08 Å². The molecule has 0 fully saturated rings. The van der Waals surface area contributed by atoms with E-state index in [9.17, 15) is 18.0 Å². The smallest absolute Gasteiger partial charge is 0.429 e. The molecular formula is C10H9F3O3S. The van der Waals surface area contributed by atoms with Crippen molar-refractivity contribution in [2.24, 2.45) is 0 Å². The Morgan fingerprint density at radius 1 is 1.59 bits per heavy atom. The highest BCUT2D eigenvalue weighted by molar-refractivity contribution is 7.11. The van der Waals surface area contributed by atoms with Crippen LogP contribution in [0.5, 0.6) is 0 Å². The molecule has 0 bridgehead atoms. The summed E-state index contributed by atoms with van der Waals surface area (Å²) in [5, 5.41) is 10.3. The number of rotatable bonds is 3. The number of halogens is 3. The Bertz CT molecular complexity index is 405. The van der Waals surface area contributed by atoms with Crippen LogP contribution in [0.25, 0.3) is 0 Å². The topological polar surface area (TPSA) is 46.5 Å². The fraction of sp³-hybridized carbons (Fsp3) is 0.300. The summed E-state index contributed by atoms with van der Waals surface area (Å²) in [6, 6.07) is 2.88. The molecule has 1 unspecified atom stereocenters. The number of hydrogen-bond acceptors (Lipinski definition) is 4. The minimum Gasteiger partial charge on any atom is -0.513 e. The molecule has 1 aromatic rings. The largest absolute Gasteiger partial charge is 0.513 e. The first-order chi connectivity index (χ1) is 7.80. The molecule has 0 aromatic carbocycles. The van der Waals surface area contributed by atoms with Gasteiger partial charge in [0.15, 0.2) is 0 Å². The maximum Gasteiger partial charge on any atom is 0.429 e. The highest BCUT2D eigenvalue weighted by Crippen LogP contribution is 2.26. The molecule has 3 nitrogen and oxygen atoms in total. The van der Waals surface area contributed by atoms with E-state index >= 15 is 0 Å². The number of allylic oxidation sites excluding steroid dienone is 1. The molecule has 94 valence electrons. The van der Waals surface area contributed by atoms with Crippen LogP contribution in [0.1, 0.15) is 16.6 Å². The molecular weight excluding hydrogens is 257 g/mol. The fourth-order valence-electron chi connectivity index (χ4n) is 0.982. The Balaban J connectivity index is 2.81. The second-order valence-corrected chi connectivity index (χ2v) is 4.10. The Labute approximate surface area is 99.1 Å². The quantitative estimate of drug-likeness (QED) is 0.674. The van der Waals surface area contributed by atoms with Crippen LogP contribution in [0, 0.1) is 0 Å². The minimum atomic E-state index is -4.75. The van der Waals surface area contributed by atoms with Gasteiger partial charge in [-0.1, -0.05) is 6.07 Å². The lowest BCUT2D eigenvalue weighted by Gasteiger charge is -2.17. The van der Waals surface area contributed by atoms with Gasteiger partial charge >= 0.3 is 12.1 Å². The number of carbonyl (C=O) groups excluding carboxylic acids is 1. The zero-order chi connectivity index (χ0) is 13.1. The van der Waals surface area contributed by atoms with Crippen molar-refractivity contribution >= 4 is 17.3 Å². The fourth-order valence-corrected chi connectivity index (χ4v) is 1.59. The molecule has 0 spiro atoms. The van der Waals surface area contributed by atoms with E-state index < -0.39 is 24.0 Å². The standard InChI is InChI=1S/C10H9F3O3S/c1-6(14)5-8(10(11,12)13)16-9(15)7-3-2-4-17-7/h2-5,8,14H,1H3/b6-5+. The molecule has 7 heteroatoms. The molecule has 0 amide bonds. The molecule has 0 radical (unpaired) electrons. The number of esters is 1. The zero-order valence-corrected chi connectivity index (χ0v) is 9.51. The second kappa shape index (κ2) is 5.22. The van der Waals surface area contributed by atoms with Gasteiger partial charge in [0.1, 0.15) is 4.88 Å². The summed E-state index contributed by atoms with van der Waals surface area (Å²) in [7, 11) is 0. The Hall–Kier alpha value is -1.50. The van der Waals surface area contributed by atoms with Crippen molar-refractivity contribution in [1.82, 2.24) is 0 Å². The van der Waals surface area contributed by atoms with Crippen LogP contribution in [0.2, 0.25) is 0 Å². The Kier molecular flexibility index (Phi) is 4.17. The first-order valence-corrected chi connectivity index (χ1v) is 5.37. The molecule has 0 saturated carbocycles. The summed E-state index contributed by atoms with van der Waals surface area (Å²) < 4.78 is 41.6. The van der Waals surface area contributed by atoms with E-state index in [0.29, 0.717) is 6.08 Å². The van der Waals surface area contributed by atoms with Gasteiger partial charge in [-0.05, 0) is 18.4 Å². The third-order valence-corrected chi connectivity index (χ3v) is 2.52. The molecule has 0 aliphatic rings. The summed E-state index contributed by atoms with van der Waals surface area (Å²) in [6.07, 6.45) is -6.76. The molecule has 1 atom stereocenters. The van der Waals surface area contributed by atoms with E-state index in [0.717, 1.165) is 18.3 Å². The molecule has 0 aliphatic carbocycles. The number of aliphatic hydroxyl groups is 1. The highest BCUT2D eigenvalue weighted by Gasteiger charge is 2.41. The van der Waals surface area contributed by atoms with Gasteiger partial charge in [0.2, 0.25) is 6.10 Å². The average Bonchev–Trinajstić information content (AvgIpc) is 2.66. The SMILES string of the molecule is C/C(O)=C\C(OC(=O)c1cccs1)C(F)(F)F. The Morgan fingerprint density at radius 2 is 2.24 bits per heavy atom. The zero-order valence-electron chi connectivity index (χ0n) is 8.69. The van der Waals surface area contributed by atoms with Crippen molar-refractivity contribution in [3.8, 4) is 0 Å². The van der Waals surface area contributed by atoms with Crippen LogP contribution in [0.15, 0.2) is 29.3 Å². The molecule has 0 saturated heterocycles. The van der Waals surface area contributed by atoms with E-state index in [1.807, 2.05) is 0 Å². The molecule has 1 N–H and O–H groups in total. The number of alkyl halides is 3. The van der Waals surface area contributed by atoms with E-state index in [4.69, 9.17) is 5.11 Å². The van der Waals surface area contributed by atoms with Gasteiger partial charge in [0.25, 0.3) is 0 Å². The molecule has 0 aliphatic heterocycles. The van der Waals surface area contributed by atoms with Gasteiger partial charge < -0.3 is 9.84 Å². The van der Waals surface area contributed by atoms with Crippen LogP contribution in [0.3, 0.4) is 0 Å². The van der Waals surface area contributed by atoms with Crippen LogP contribution in [-0.2, 0) is 4.74 Å². The lowest BCUT2D eigenvalue weighted by Crippen LogP contribution is -2.32. The number of thiophene rings is 1. The normalized spacial score (nSPS) is 14.5. The number of carbonyl (C=O) groups is 1. The van der Waals surface area contributed by atoms with E-state index in [2.05, 4.69) is 4.74 Å². The van der Waals surface area contributed by atoms with Crippen molar-refractivity contribution in [2.45, 2.75) is 19.2 Å². The summed E-state index contributed by atoms with van der Waals surface area (Å²) in [5.41, 5.74) is 0. The maximum absolute atomic E-state index is 12.5. The number of hydrogen-bond donors (Lipinski definition) is 1. The highest BCUT2D eigenvalue weighted by atomic mass is 32.1. The van der Waals surface area contributed by atoms with E-state index in [1.165, 1.54) is 12.1 Å². The molecule has 1 aromatic heterocycles. The van der Waals surface area contributed by atoms with Gasteiger partial charge in [-0.15, -0.1) is 11.3 Å². The molecule has 1 heterocycles. The predicted octanol–water partition coefficient (Wildman–Crippen LogP) is 3.30. The van der Waals surface area contributed by atoms with Crippen LogP contribution < -0.4 is 0 Å². The van der Waals surface area contributed by atoms with E-state index in [-0.39, 0.29) is 4.88 Å². The van der Waals surface area contributed by atoms with Crippen molar-refractivity contribution in [3.05, 3.63) is 34.2 Å².